The number of hydrogen-bond acceptors (Lipinski definition) is 7. The fourth-order valence-corrected chi connectivity index (χ4v) is 3.28. The molecule has 11 heteroatoms. The van der Waals surface area contributed by atoms with Crippen LogP contribution in [0.25, 0.3) is 0 Å². The number of ether oxygens (including phenoxy) is 1. The van der Waals surface area contributed by atoms with E-state index < -0.39 is 35.6 Å². The normalized spacial score (nSPS) is 10.2. The number of esters is 1. The van der Waals surface area contributed by atoms with Crippen molar-refractivity contribution in [2.75, 3.05) is 13.2 Å². The van der Waals surface area contributed by atoms with Gasteiger partial charge in [0.05, 0.1) is 13.6 Å². The SMILES string of the molecule is O=C(CNC(=O)c1ccc(Cl)c([N+](=O)[O-])c1)OCC(=O)c1ccc(Br)s1. The van der Waals surface area contributed by atoms with Crippen LogP contribution in [0.4, 0.5) is 5.69 Å². The molecule has 0 saturated carbocycles. The van der Waals surface area contributed by atoms with E-state index in [-0.39, 0.29) is 16.4 Å². The monoisotopic (exact) mass is 460 g/mol. The molecule has 2 rings (SSSR count). The molecular weight excluding hydrogens is 452 g/mol. The second kappa shape index (κ2) is 8.88. The van der Waals surface area contributed by atoms with Crippen LogP contribution in [0.2, 0.25) is 5.02 Å². The molecule has 136 valence electrons. The Morgan fingerprint density at radius 3 is 2.62 bits per heavy atom. The molecule has 0 aliphatic rings. The molecule has 0 spiro atoms. The van der Waals surface area contributed by atoms with Crippen LogP contribution in [0.1, 0.15) is 20.0 Å². The highest BCUT2D eigenvalue weighted by molar-refractivity contribution is 9.11. The number of nitrogens with one attached hydrogen (secondary N) is 1. The second-order valence-electron chi connectivity index (χ2n) is 4.79. The van der Waals surface area contributed by atoms with Crippen molar-refractivity contribution in [1.82, 2.24) is 5.32 Å². The molecule has 0 aliphatic carbocycles. The molecule has 0 fully saturated rings. The zero-order valence-electron chi connectivity index (χ0n) is 12.9. The number of amides is 1. The number of hydrogen-bond donors (Lipinski definition) is 1. The van der Waals surface area contributed by atoms with Gasteiger partial charge in [0.25, 0.3) is 11.6 Å². The summed E-state index contributed by atoms with van der Waals surface area (Å²) in [6.45, 7) is -0.940. The highest BCUT2D eigenvalue weighted by Crippen LogP contribution is 2.25. The molecule has 1 aromatic carbocycles. The Morgan fingerprint density at radius 2 is 2.00 bits per heavy atom. The lowest BCUT2D eigenvalue weighted by Gasteiger charge is -2.06. The van der Waals surface area contributed by atoms with Gasteiger partial charge in [0.15, 0.2) is 6.61 Å². The number of halogens is 2. The van der Waals surface area contributed by atoms with Crippen LogP contribution in [0.5, 0.6) is 0 Å². The zero-order valence-corrected chi connectivity index (χ0v) is 16.0. The summed E-state index contributed by atoms with van der Waals surface area (Å²) in [7, 11) is 0. The summed E-state index contributed by atoms with van der Waals surface area (Å²) in [6.07, 6.45) is 0. The van der Waals surface area contributed by atoms with Gasteiger partial charge in [0.2, 0.25) is 5.78 Å². The van der Waals surface area contributed by atoms with E-state index in [1.165, 1.54) is 23.5 Å². The lowest BCUT2D eigenvalue weighted by Crippen LogP contribution is -2.31. The first kappa shape index (κ1) is 20.0. The third kappa shape index (κ3) is 5.35. The molecule has 0 saturated heterocycles. The average Bonchev–Trinajstić information content (AvgIpc) is 3.04. The van der Waals surface area contributed by atoms with E-state index >= 15 is 0 Å². The van der Waals surface area contributed by atoms with Crippen molar-refractivity contribution in [2.45, 2.75) is 0 Å². The quantitative estimate of drug-likeness (QED) is 0.293. The van der Waals surface area contributed by atoms with Gasteiger partial charge < -0.3 is 10.1 Å². The number of rotatable bonds is 7. The maximum atomic E-state index is 11.9. The topological polar surface area (TPSA) is 116 Å². The van der Waals surface area contributed by atoms with Gasteiger partial charge >= 0.3 is 5.97 Å². The van der Waals surface area contributed by atoms with E-state index in [1.54, 1.807) is 12.1 Å². The first-order valence-corrected chi connectivity index (χ1v) is 8.93. The Morgan fingerprint density at radius 1 is 1.27 bits per heavy atom. The van der Waals surface area contributed by atoms with Gasteiger partial charge in [0.1, 0.15) is 11.6 Å². The maximum Gasteiger partial charge on any atom is 0.325 e. The van der Waals surface area contributed by atoms with E-state index in [2.05, 4.69) is 21.2 Å². The summed E-state index contributed by atoms with van der Waals surface area (Å²) in [5.74, 6) is -1.89. The van der Waals surface area contributed by atoms with Crippen molar-refractivity contribution in [3.8, 4) is 0 Å². The van der Waals surface area contributed by atoms with E-state index in [0.717, 1.165) is 9.85 Å². The number of nitrogens with zero attached hydrogens (tertiary/aromatic N) is 1. The fraction of sp³-hybridized carbons (Fsp3) is 0.133. The molecule has 26 heavy (non-hydrogen) atoms. The van der Waals surface area contributed by atoms with Crippen molar-refractivity contribution in [3.63, 3.8) is 0 Å². The molecule has 1 amide bonds. The highest BCUT2D eigenvalue weighted by atomic mass is 79.9. The number of ketones is 1. The molecule has 2 aromatic rings. The minimum Gasteiger partial charge on any atom is -0.456 e. The van der Waals surface area contributed by atoms with Gasteiger partial charge in [-0.15, -0.1) is 11.3 Å². The second-order valence-corrected chi connectivity index (χ2v) is 7.66. The Labute approximate surface area is 164 Å². The molecule has 0 radical (unpaired) electrons. The van der Waals surface area contributed by atoms with Gasteiger partial charge in [-0.3, -0.25) is 24.5 Å². The standard InChI is InChI=1S/C15H10BrClN2O6S/c16-13-4-3-12(26-13)11(20)7-25-14(21)6-18-15(22)8-1-2-9(17)10(5-8)19(23)24/h1-5H,6-7H2,(H,18,22). The first-order valence-electron chi connectivity index (χ1n) is 6.94. The number of carbonyl (C=O) groups excluding carboxylic acids is 3. The van der Waals surface area contributed by atoms with Crippen LogP contribution in [0.3, 0.4) is 0 Å². The lowest BCUT2D eigenvalue weighted by atomic mass is 10.2. The number of thiophene rings is 1. The molecule has 1 N–H and O–H groups in total. The van der Waals surface area contributed by atoms with Gasteiger partial charge in [-0.05, 0) is 40.2 Å². The Hall–Kier alpha value is -2.30. The average molecular weight is 462 g/mol. The molecule has 0 bridgehead atoms. The maximum absolute atomic E-state index is 11.9. The van der Waals surface area contributed by atoms with Crippen molar-refractivity contribution < 1.29 is 24.0 Å². The summed E-state index contributed by atoms with van der Waals surface area (Å²) in [4.78, 5) is 45.9. The minimum absolute atomic E-state index is 0.0339. The van der Waals surface area contributed by atoms with Crippen LogP contribution in [0.15, 0.2) is 34.1 Å². The molecule has 0 aliphatic heterocycles. The molecular formula is C15H10BrClN2O6S. The van der Waals surface area contributed by atoms with Crippen LogP contribution < -0.4 is 5.32 Å². The van der Waals surface area contributed by atoms with Crippen molar-refractivity contribution in [3.05, 3.63) is 59.7 Å². The lowest BCUT2D eigenvalue weighted by molar-refractivity contribution is -0.384. The molecule has 8 nitrogen and oxygen atoms in total. The third-order valence-electron chi connectivity index (χ3n) is 3.01. The van der Waals surface area contributed by atoms with Gasteiger partial charge in [-0.2, -0.15) is 0 Å². The van der Waals surface area contributed by atoms with Crippen LogP contribution in [-0.4, -0.2) is 35.7 Å². The number of nitro groups is 1. The summed E-state index contributed by atoms with van der Waals surface area (Å²) in [5, 5.41) is 13.0. The van der Waals surface area contributed by atoms with Gasteiger partial charge in [0, 0.05) is 11.6 Å². The zero-order chi connectivity index (χ0) is 19.3. The van der Waals surface area contributed by atoms with Crippen LogP contribution >= 0.6 is 38.9 Å². The summed E-state index contributed by atoms with van der Waals surface area (Å²) >= 11 is 10.1. The van der Waals surface area contributed by atoms with Crippen molar-refractivity contribution >= 4 is 62.2 Å². The van der Waals surface area contributed by atoms with Crippen molar-refractivity contribution in [2.24, 2.45) is 0 Å². The fourth-order valence-electron chi connectivity index (χ4n) is 1.78. The van der Waals surface area contributed by atoms with E-state index in [0.29, 0.717) is 4.88 Å². The smallest absolute Gasteiger partial charge is 0.325 e. The number of Topliss-reactive ketones (excluding diaryl/α,β-unsaturated/α-hetero) is 1. The van der Waals surface area contributed by atoms with Gasteiger partial charge in [-0.1, -0.05) is 11.6 Å². The molecule has 0 unspecified atom stereocenters. The Kier molecular flexibility index (Phi) is 6.83. The van der Waals surface area contributed by atoms with Crippen LogP contribution in [-0.2, 0) is 9.53 Å². The number of nitro benzene ring substituents is 1. The largest absolute Gasteiger partial charge is 0.456 e. The predicted molar refractivity (Wildman–Crippen MR) is 97.7 cm³/mol. The molecule has 1 heterocycles. The van der Waals surface area contributed by atoms with E-state index in [9.17, 15) is 24.5 Å². The third-order valence-corrected chi connectivity index (χ3v) is 4.99. The van der Waals surface area contributed by atoms with Gasteiger partial charge in [-0.25, -0.2) is 0 Å². The first-order chi connectivity index (χ1) is 12.3. The summed E-state index contributed by atoms with van der Waals surface area (Å²) in [6, 6.07) is 6.80. The highest BCUT2D eigenvalue weighted by Gasteiger charge is 2.17. The Bertz CT molecular complexity index is 885. The van der Waals surface area contributed by atoms with Crippen LogP contribution in [0, 0.1) is 10.1 Å². The number of carbonyl (C=O) groups is 3. The molecule has 0 atom stereocenters. The summed E-state index contributed by atoms with van der Waals surface area (Å²) in [5.41, 5.74) is -0.456. The van der Waals surface area contributed by atoms with E-state index in [4.69, 9.17) is 16.3 Å². The Balaban J connectivity index is 1.85. The number of benzene rings is 1. The van der Waals surface area contributed by atoms with E-state index in [1.807, 2.05) is 0 Å². The summed E-state index contributed by atoms with van der Waals surface area (Å²) < 4.78 is 5.57. The molecule has 1 aromatic heterocycles. The van der Waals surface area contributed by atoms with Crippen molar-refractivity contribution in [1.29, 1.82) is 0 Å². The predicted octanol–water partition coefficient (Wildman–Crippen LogP) is 3.23. The minimum atomic E-state index is -0.814.